The summed E-state index contributed by atoms with van der Waals surface area (Å²) in [5.74, 6) is 0.525. The summed E-state index contributed by atoms with van der Waals surface area (Å²) in [7, 11) is 0. The number of benzene rings is 1. The van der Waals surface area contributed by atoms with E-state index in [1.165, 1.54) is 6.07 Å². The molecule has 1 aliphatic heterocycles. The molecule has 1 aliphatic rings. The lowest BCUT2D eigenvalue weighted by Gasteiger charge is -2.10. The minimum Gasteiger partial charge on any atom is -0.352 e. The molecule has 1 atom stereocenters. The van der Waals surface area contributed by atoms with Crippen LogP contribution in [0.2, 0.25) is 0 Å². The zero-order chi connectivity index (χ0) is 16.2. The summed E-state index contributed by atoms with van der Waals surface area (Å²) in [6.07, 6.45) is 1.65. The lowest BCUT2D eigenvalue weighted by molar-refractivity contribution is -0.121. The SMILES string of the molecule is Cc1cc(-c2noc(CCC(=O)NC3CCNC3)n2)ccc1F.Cl. The van der Waals surface area contributed by atoms with E-state index in [2.05, 4.69) is 20.8 Å². The van der Waals surface area contributed by atoms with E-state index in [1.54, 1.807) is 19.1 Å². The molecular weight excluding hydrogens is 335 g/mol. The highest BCUT2D eigenvalue weighted by atomic mass is 35.5. The van der Waals surface area contributed by atoms with Crippen molar-refractivity contribution in [3.05, 3.63) is 35.5 Å². The number of nitrogens with one attached hydrogen (secondary N) is 2. The lowest BCUT2D eigenvalue weighted by Crippen LogP contribution is -2.36. The second-order valence-electron chi connectivity index (χ2n) is 5.73. The summed E-state index contributed by atoms with van der Waals surface area (Å²) in [5.41, 5.74) is 1.22. The topological polar surface area (TPSA) is 80.0 Å². The maximum Gasteiger partial charge on any atom is 0.227 e. The number of halogens is 2. The first-order chi connectivity index (χ1) is 11.1. The highest BCUT2D eigenvalue weighted by molar-refractivity contribution is 5.85. The summed E-state index contributed by atoms with van der Waals surface area (Å²) < 4.78 is 18.4. The van der Waals surface area contributed by atoms with Crippen molar-refractivity contribution in [2.24, 2.45) is 0 Å². The number of aromatic nitrogens is 2. The van der Waals surface area contributed by atoms with E-state index >= 15 is 0 Å². The van der Waals surface area contributed by atoms with E-state index in [-0.39, 0.29) is 30.2 Å². The van der Waals surface area contributed by atoms with Crippen LogP contribution in [-0.4, -0.2) is 35.2 Å². The fourth-order valence-corrected chi connectivity index (χ4v) is 2.56. The van der Waals surface area contributed by atoms with Crippen LogP contribution in [0.5, 0.6) is 0 Å². The van der Waals surface area contributed by atoms with Crippen LogP contribution < -0.4 is 10.6 Å². The highest BCUT2D eigenvalue weighted by Gasteiger charge is 2.17. The summed E-state index contributed by atoms with van der Waals surface area (Å²) in [4.78, 5) is 16.1. The first kappa shape index (κ1) is 18.4. The van der Waals surface area contributed by atoms with E-state index in [1.807, 2.05) is 0 Å². The van der Waals surface area contributed by atoms with Gasteiger partial charge in [0.1, 0.15) is 5.82 Å². The van der Waals surface area contributed by atoms with Crippen molar-refractivity contribution in [1.82, 2.24) is 20.8 Å². The molecular formula is C16H20ClFN4O2. The van der Waals surface area contributed by atoms with Crippen LogP contribution in [0.4, 0.5) is 4.39 Å². The van der Waals surface area contributed by atoms with Crippen molar-refractivity contribution in [3.8, 4) is 11.4 Å². The summed E-state index contributed by atoms with van der Waals surface area (Å²) in [6.45, 7) is 3.44. The van der Waals surface area contributed by atoms with E-state index in [4.69, 9.17) is 4.52 Å². The molecule has 0 saturated carbocycles. The molecule has 2 heterocycles. The molecule has 130 valence electrons. The van der Waals surface area contributed by atoms with Crippen LogP contribution in [0.3, 0.4) is 0 Å². The van der Waals surface area contributed by atoms with Gasteiger partial charge in [0.2, 0.25) is 17.6 Å². The molecule has 0 radical (unpaired) electrons. The predicted molar refractivity (Wildman–Crippen MR) is 89.4 cm³/mol. The van der Waals surface area contributed by atoms with Crippen LogP contribution in [0.25, 0.3) is 11.4 Å². The smallest absolute Gasteiger partial charge is 0.227 e. The van der Waals surface area contributed by atoms with E-state index < -0.39 is 0 Å². The third-order valence-corrected chi connectivity index (χ3v) is 3.88. The van der Waals surface area contributed by atoms with Crippen LogP contribution >= 0.6 is 12.4 Å². The Morgan fingerprint density at radius 2 is 2.33 bits per heavy atom. The van der Waals surface area contributed by atoms with Gasteiger partial charge in [0, 0.05) is 31.0 Å². The fraction of sp³-hybridized carbons (Fsp3) is 0.438. The second kappa shape index (κ2) is 8.21. The minimum absolute atomic E-state index is 0. The Morgan fingerprint density at radius 3 is 3.04 bits per heavy atom. The number of aryl methyl sites for hydroxylation is 2. The number of carbonyl (C=O) groups excluding carboxylic acids is 1. The summed E-state index contributed by atoms with van der Waals surface area (Å²) in [6, 6.07) is 4.87. The third kappa shape index (κ3) is 4.52. The second-order valence-corrected chi connectivity index (χ2v) is 5.73. The largest absolute Gasteiger partial charge is 0.352 e. The number of hydrogen-bond donors (Lipinski definition) is 2. The number of carbonyl (C=O) groups is 1. The quantitative estimate of drug-likeness (QED) is 0.858. The van der Waals surface area contributed by atoms with Gasteiger partial charge < -0.3 is 15.2 Å². The standard InChI is InChI=1S/C16H19FN4O2.ClH/c1-10-8-11(2-3-13(10)17)16-20-15(23-21-16)5-4-14(22)19-12-6-7-18-9-12;/h2-3,8,12,18H,4-7,9H2,1H3,(H,19,22);1H. The lowest BCUT2D eigenvalue weighted by atomic mass is 10.1. The Balaban J connectivity index is 0.00000208. The van der Waals surface area contributed by atoms with Crippen LogP contribution in [0.15, 0.2) is 22.7 Å². The van der Waals surface area contributed by atoms with Crippen LogP contribution in [-0.2, 0) is 11.2 Å². The van der Waals surface area contributed by atoms with Crippen molar-refractivity contribution in [3.63, 3.8) is 0 Å². The minimum atomic E-state index is -0.268. The van der Waals surface area contributed by atoms with Crippen molar-refractivity contribution in [2.45, 2.75) is 32.2 Å². The number of amides is 1. The fourth-order valence-electron chi connectivity index (χ4n) is 2.56. The monoisotopic (exact) mass is 354 g/mol. The Kier molecular flexibility index (Phi) is 6.28. The van der Waals surface area contributed by atoms with Crippen molar-refractivity contribution >= 4 is 18.3 Å². The third-order valence-electron chi connectivity index (χ3n) is 3.88. The van der Waals surface area contributed by atoms with Crippen LogP contribution in [0.1, 0.15) is 24.3 Å². The molecule has 6 nitrogen and oxygen atoms in total. The summed E-state index contributed by atoms with van der Waals surface area (Å²) >= 11 is 0. The van der Waals surface area contributed by atoms with Crippen molar-refractivity contribution in [2.75, 3.05) is 13.1 Å². The Labute approximate surface area is 145 Å². The molecule has 0 aliphatic carbocycles. The Hall–Kier alpha value is -1.99. The first-order valence-corrected chi connectivity index (χ1v) is 7.71. The Bertz CT molecular complexity index is 701. The number of nitrogens with zero attached hydrogens (tertiary/aromatic N) is 2. The molecule has 1 saturated heterocycles. The average Bonchev–Trinajstić information content (AvgIpc) is 3.19. The molecule has 0 bridgehead atoms. The zero-order valence-electron chi connectivity index (χ0n) is 13.3. The molecule has 1 fully saturated rings. The van der Waals surface area contributed by atoms with Gasteiger partial charge in [0.05, 0.1) is 0 Å². The van der Waals surface area contributed by atoms with Gasteiger partial charge in [-0.3, -0.25) is 4.79 Å². The van der Waals surface area contributed by atoms with Crippen molar-refractivity contribution in [1.29, 1.82) is 0 Å². The highest BCUT2D eigenvalue weighted by Crippen LogP contribution is 2.19. The van der Waals surface area contributed by atoms with Gasteiger partial charge in [-0.15, -0.1) is 12.4 Å². The molecule has 1 amide bonds. The molecule has 24 heavy (non-hydrogen) atoms. The average molecular weight is 355 g/mol. The first-order valence-electron chi connectivity index (χ1n) is 7.71. The molecule has 8 heteroatoms. The van der Waals surface area contributed by atoms with Gasteiger partial charge in [-0.05, 0) is 43.7 Å². The molecule has 2 aromatic rings. The van der Waals surface area contributed by atoms with Crippen molar-refractivity contribution < 1.29 is 13.7 Å². The van der Waals surface area contributed by atoms with E-state index in [0.717, 1.165) is 19.5 Å². The molecule has 1 aromatic carbocycles. The van der Waals surface area contributed by atoms with Crippen LogP contribution in [0, 0.1) is 12.7 Å². The van der Waals surface area contributed by atoms with Gasteiger partial charge in [-0.2, -0.15) is 4.98 Å². The maximum absolute atomic E-state index is 13.3. The zero-order valence-corrected chi connectivity index (χ0v) is 14.2. The predicted octanol–water partition coefficient (Wildman–Crippen LogP) is 2.02. The van der Waals surface area contributed by atoms with Gasteiger partial charge in [-0.25, -0.2) is 4.39 Å². The Morgan fingerprint density at radius 1 is 1.50 bits per heavy atom. The number of rotatable bonds is 5. The van der Waals surface area contributed by atoms with Gasteiger partial charge in [-0.1, -0.05) is 5.16 Å². The molecule has 0 spiro atoms. The summed E-state index contributed by atoms with van der Waals surface area (Å²) in [5, 5.41) is 10.1. The number of hydrogen-bond acceptors (Lipinski definition) is 5. The molecule has 3 rings (SSSR count). The van der Waals surface area contributed by atoms with E-state index in [9.17, 15) is 9.18 Å². The molecule has 1 aromatic heterocycles. The van der Waals surface area contributed by atoms with Gasteiger partial charge in [0.25, 0.3) is 0 Å². The van der Waals surface area contributed by atoms with Gasteiger partial charge in [0.15, 0.2) is 0 Å². The maximum atomic E-state index is 13.3. The normalized spacial score (nSPS) is 16.7. The molecule has 2 N–H and O–H groups in total. The van der Waals surface area contributed by atoms with Gasteiger partial charge >= 0.3 is 0 Å². The van der Waals surface area contributed by atoms with E-state index in [0.29, 0.717) is 35.7 Å². The molecule has 1 unspecified atom stereocenters.